The van der Waals surface area contributed by atoms with Crippen LogP contribution in [0.2, 0.25) is 0 Å². The highest BCUT2D eigenvalue weighted by Crippen LogP contribution is 2.21. The largest absolute Gasteiger partial charge is 0.271 e. The highest BCUT2D eigenvalue weighted by molar-refractivity contribution is 7.90. The lowest BCUT2D eigenvalue weighted by molar-refractivity contribution is 0.498. The van der Waals surface area contributed by atoms with Crippen LogP contribution < -0.4 is 11.3 Å². The third kappa shape index (κ3) is 4.41. The molecule has 1 aromatic rings. The van der Waals surface area contributed by atoms with Crippen LogP contribution in [0.25, 0.3) is 0 Å². The van der Waals surface area contributed by atoms with Crippen LogP contribution in [0.15, 0.2) is 18.2 Å². The molecule has 0 aliphatic heterocycles. The topological polar surface area (TPSA) is 72.2 Å². The molecule has 96 valence electrons. The van der Waals surface area contributed by atoms with Crippen molar-refractivity contribution in [3.05, 3.63) is 35.1 Å². The van der Waals surface area contributed by atoms with Crippen LogP contribution in [-0.4, -0.2) is 20.4 Å². The smallest absolute Gasteiger partial charge is 0.147 e. The molecule has 1 aromatic carbocycles. The summed E-state index contributed by atoms with van der Waals surface area (Å²) in [6, 6.07) is 4.19. The van der Waals surface area contributed by atoms with E-state index in [1.54, 1.807) is 12.1 Å². The fourth-order valence-corrected chi connectivity index (χ4v) is 2.25. The van der Waals surface area contributed by atoms with E-state index in [4.69, 9.17) is 5.84 Å². The van der Waals surface area contributed by atoms with Gasteiger partial charge in [-0.25, -0.2) is 12.8 Å². The molecule has 0 bridgehead atoms. The van der Waals surface area contributed by atoms with Crippen LogP contribution in [0.1, 0.15) is 23.6 Å². The second kappa shape index (κ2) is 5.57. The molecular weight excluding hydrogens is 243 g/mol. The average molecular weight is 260 g/mol. The first-order valence-corrected chi connectivity index (χ1v) is 7.29. The minimum absolute atomic E-state index is 0.0325. The highest BCUT2D eigenvalue weighted by Gasteiger charge is 2.16. The maximum atomic E-state index is 13.6. The molecule has 0 saturated heterocycles. The van der Waals surface area contributed by atoms with E-state index in [1.165, 1.54) is 6.07 Å². The number of sulfone groups is 1. The molecule has 0 spiro atoms. The molecule has 17 heavy (non-hydrogen) atoms. The zero-order valence-corrected chi connectivity index (χ0v) is 10.7. The maximum Gasteiger partial charge on any atom is 0.147 e. The minimum Gasteiger partial charge on any atom is -0.271 e. The van der Waals surface area contributed by atoms with Crippen molar-refractivity contribution in [2.45, 2.75) is 19.4 Å². The fourth-order valence-electron chi connectivity index (χ4n) is 1.59. The molecule has 6 heteroatoms. The first kappa shape index (κ1) is 14.1. The quantitative estimate of drug-likeness (QED) is 0.613. The molecule has 4 nitrogen and oxygen atoms in total. The molecule has 0 amide bonds. The number of hydrogen-bond acceptors (Lipinski definition) is 4. The first-order valence-electron chi connectivity index (χ1n) is 5.23. The molecule has 0 saturated carbocycles. The predicted molar refractivity (Wildman–Crippen MR) is 65.5 cm³/mol. The molecule has 1 atom stereocenters. The lowest BCUT2D eigenvalue weighted by Crippen LogP contribution is -2.30. The van der Waals surface area contributed by atoms with Crippen molar-refractivity contribution >= 4 is 9.84 Å². The number of nitrogens with one attached hydrogen (secondary N) is 1. The predicted octanol–water partition coefficient (Wildman–Crippen LogP) is 1.07. The number of benzene rings is 1. The standard InChI is InChI=1S/C11H17FN2O2S/c1-8-3-4-10(12)9(7-8)11(14-13)5-6-17(2,15)16/h3-4,7,11,14H,5-6,13H2,1-2H3. The van der Waals surface area contributed by atoms with Gasteiger partial charge >= 0.3 is 0 Å². The van der Waals surface area contributed by atoms with Crippen LogP contribution in [0.4, 0.5) is 4.39 Å². The Kier molecular flexibility index (Phi) is 4.62. The average Bonchev–Trinajstić information content (AvgIpc) is 2.22. The van der Waals surface area contributed by atoms with Crippen LogP contribution in [0.3, 0.4) is 0 Å². The van der Waals surface area contributed by atoms with E-state index in [0.29, 0.717) is 5.56 Å². The maximum absolute atomic E-state index is 13.6. The van der Waals surface area contributed by atoms with E-state index in [-0.39, 0.29) is 18.0 Å². The lowest BCUT2D eigenvalue weighted by atomic mass is 10.0. The summed E-state index contributed by atoms with van der Waals surface area (Å²) in [6.07, 6.45) is 1.39. The summed E-state index contributed by atoms with van der Waals surface area (Å²) in [5, 5.41) is 0. The van der Waals surface area contributed by atoms with Crippen molar-refractivity contribution in [2.24, 2.45) is 5.84 Å². The highest BCUT2D eigenvalue weighted by atomic mass is 32.2. The van der Waals surface area contributed by atoms with Crippen molar-refractivity contribution in [1.29, 1.82) is 0 Å². The van der Waals surface area contributed by atoms with E-state index >= 15 is 0 Å². The Morgan fingerprint density at radius 2 is 2.12 bits per heavy atom. The lowest BCUT2D eigenvalue weighted by Gasteiger charge is -2.17. The molecule has 1 unspecified atom stereocenters. The number of halogens is 1. The van der Waals surface area contributed by atoms with Gasteiger partial charge in [0.1, 0.15) is 15.7 Å². The van der Waals surface area contributed by atoms with E-state index in [2.05, 4.69) is 5.43 Å². The summed E-state index contributed by atoms with van der Waals surface area (Å²) in [7, 11) is -3.08. The van der Waals surface area contributed by atoms with Gasteiger partial charge in [0.15, 0.2) is 0 Å². The SMILES string of the molecule is Cc1ccc(F)c(C(CCS(C)(=O)=O)NN)c1. The minimum atomic E-state index is -3.08. The van der Waals surface area contributed by atoms with Crippen molar-refractivity contribution < 1.29 is 12.8 Å². The van der Waals surface area contributed by atoms with Gasteiger partial charge in [0.2, 0.25) is 0 Å². The molecule has 3 N–H and O–H groups in total. The van der Waals surface area contributed by atoms with Gasteiger partial charge in [0.05, 0.1) is 5.75 Å². The molecule has 1 rings (SSSR count). The van der Waals surface area contributed by atoms with Crippen LogP contribution in [0, 0.1) is 12.7 Å². The molecule has 0 radical (unpaired) electrons. The normalized spacial score (nSPS) is 13.6. The Morgan fingerprint density at radius 1 is 1.47 bits per heavy atom. The molecular formula is C11H17FN2O2S. The van der Waals surface area contributed by atoms with Gasteiger partial charge in [-0.3, -0.25) is 11.3 Å². The number of hydrogen-bond donors (Lipinski definition) is 2. The van der Waals surface area contributed by atoms with Gasteiger partial charge in [0, 0.05) is 17.9 Å². The Labute approximate surface area is 101 Å². The molecule has 0 aliphatic carbocycles. The Morgan fingerprint density at radius 3 is 2.65 bits per heavy atom. The molecule has 0 heterocycles. The van der Waals surface area contributed by atoms with Crippen LogP contribution in [0.5, 0.6) is 0 Å². The summed E-state index contributed by atoms with van der Waals surface area (Å²) in [6.45, 7) is 1.84. The Hall–Kier alpha value is -0.980. The van der Waals surface area contributed by atoms with Crippen molar-refractivity contribution in [3.8, 4) is 0 Å². The number of hydrazine groups is 1. The van der Waals surface area contributed by atoms with Gasteiger partial charge in [0.25, 0.3) is 0 Å². The van der Waals surface area contributed by atoms with Crippen molar-refractivity contribution in [1.82, 2.24) is 5.43 Å². The van der Waals surface area contributed by atoms with Gasteiger partial charge < -0.3 is 0 Å². The second-order valence-corrected chi connectivity index (χ2v) is 6.42. The van der Waals surface area contributed by atoms with Crippen molar-refractivity contribution in [3.63, 3.8) is 0 Å². The van der Waals surface area contributed by atoms with Crippen molar-refractivity contribution in [2.75, 3.05) is 12.0 Å². The molecule has 0 fully saturated rings. The van der Waals surface area contributed by atoms with Gasteiger partial charge in [-0.05, 0) is 19.4 Å². The Bertz CT molecular complexity index is 488. The molecule has 0 aromatic heterocycles. The monoisotopic (exact) mass is 260 g/mol. The summed E-state index contributed by atoms with van der Waals surface area (Å²) in [4.78, 5) is 0. The van der Waals surface area contributed by atoms with E-state index in [9.17, 15) is 12.8 Å². The van der Waals surface area contributed by atoms with E-state index < -0.39 is 15.9 Å². The second-order valence-electron chi connectivity index (χ2n) is 4.16. The van der Waals surface area contributed by atoms with E-state index in [1.807, 2.05) is 6.92 Å². The third-order valence-electron chi connectivity index (χ3n) is 2.51. The number of aryl methyl sites for hydroxylation is 1. The van der Waals surface area contributed by atoms with Gasteiger partial charge in [-0.1, -0.05) is 17.7 Å². The summed E-state index contributed by atoms with van der Waals surface area (Å²) < 4.78 is 35.7. The zero-order valence-electron chi connectivity index (χ0n) is 9.90. The summed E-state index contributed by atoms with van der Waals surface area (Å²) in [5.41, 5.74) is 3.76. The van der Waals surface area contributed by atoms with Gasteiger partial charge in [-0.2, -0.15) is 0 Å². The van der Waals surface area contributed by atoms with Crippen LogP contribution >= 0.6 is 0 Å². The molecule has 0 aliphatic rings. The van der Waals surface area contributed by atoms with Crippen LogP contribution in [-0.2, 0) is 9.84 Å². The zero-order chi connectivity index (χ0) is 13.1. The summed E-state index contributed by atoms with van der Waals surface area (Å²) in [5.74, 6) is 4.93. The fraction of sp³-hybridized carbons (Fsp3) is 0.455. The number of nitrogens with two attached hydrogens (primary N) is 1. The third-order valence-corrected chi connectivity index (χ3v) is 3.48. The summed E-state index contributed by atoms with van der Waals surface area (Å²) >= 11 is 0. The first-order chi connectivity index (χ1) is 7.83. The Balaban J connectivity index is 2.90. The van der Waals surface area contributed by atoms with Gasteiger partial charge in [-0.15, -0.1) is 0 Å². The van der Waals surface area contributed by atoms with E-state index in [0.717, 1.165) is 11.8 Å². The number of rotatable bonds is 5.